The van der Waals surface area contributed by atoms with Crippen LogP contribution in [0.15, 0.2) is 0 Å². The van der Waals surface area contributed by atoms with E-state index in [9.17, 15) is 0 Å². The summed E-state index contributed by atoms with van der Waals surface area (Å²) in [6.07, 6.45) is 11.2. The van der Waals surface area contributed by atoms with E-state index in [1.54, 1.807) is 0 Å². The van der Waals surface area contributed by atoms with E-state index >= 15 is 0 Å². The van der Waals surface area contributed by atoms with Gasteiger partial charge in [0, 0.05) is 18.1 Å². The zero-order chi connectivity index (χ0) is 13.1. The molecule has 1 aliphatic carbocycles. The van der Waals surface area contributed by atoms with Crippen molar-refractivity contribution >= 4 is 0 Å². The zero-order valence-electron chi connectivity index (χ0n) is 12.5. The molecule has 3 rings (SSSR count). The standard InChI is InChI=1S/C16H31N3/c1-19-11-8-13(9-12-19)18-16-6-3-2-5-14(16)15-7-4-10-17-15/h13-18H,2-12H2,1H3. The summed E-state index contributed by atoms with van der Waals surface area (Å²) in [5.41, 5.74) is 0. The molecule has 19 heavy (non-hydrogen) atoms. The Morgan fingerprint density at radius 1 is 0.947 bits per heavy atom. The van der Waals surface area contributed by atoms with E-state index in [-0.39, 0.29) is 0 Å². The van der Waals surface area contributed by atoms with E-state index < -0.39 is 0 Å². The molecule has 1 saturated carbocycles. The molecule has 3 fully saturated rings. The number of hydrogen-bond acceptors (Lipinski definition) is 3. The topological polar surface area (TPSA) is 27.3 Å². The second-order valence-electron chi connectivity index (χ2n) is 7.00. The fraction of sp³-hybridized carbons (Fsp3) is 1.00. The van der Waals surface area contributed by atoms with E-state index in [0.29, 0.717) is 0 Å². The minimum Gasteiger partial charge on any atom is -0.314 e. The van der Waals surface area contributed by atoms with Gasteiger partial charge in [0.1, 0.15) is 0 Å². The predicted octanol–water partition coefficient (Wildman–Crippen LogP) is 1.98. The number of piperidine rings is 1. The van der Waals surface area contributed by atoms with Gasteiger partial charge in [-0.3, -0.25) is 0 Å². The second-order valence-corrected chi connectivity index (χ2v) is 7.00. The smallest absolute Gasteiger partial charge is 0.0113 e. The third-order valence-electron chi connectivity index (χ3n) is 5.60. The maximum Gasteiger partial charge on any atom is 0.0113 e. The molecule has 0 radical (unpaired) electrons. The number of hydrogen-bond donors (Lipinski definition) is 2. The van der Waals surface area contributed by atoms with Gasteiger partial charge in [-0.1, -0.05) is 12.8 Å². The van der Waals surface area contributed by atoms with Gasteiger partial charge in [0.15, 0.2) is 0 Å². The molecule has 3 atom stereocenters. The van der Waals surface area contributed by atoms with Crippen LogP contribution < -0.4 is 10.6 Å². The summed E-state index contributed by atoms with van der Waals surface area (Å²) in [5.74, 6) is 0.899. The Morgan fingerprint density at radius 3 is 2.47 bits per heavy atom. The molecule has 3 heteroatoms. The molecule has 110 valence electrons. The number of nitrogens with one attached hydrogen (secondary N) is 2. The van der Waals surface area contributed by atoms with Gasteiger partial charge in [0.25, 0.3) is 0 Å². The fourth-order valence-electron chi connectivity index (χ4n) is 4.40. The molecule has 3 nitrogen and oxygen atoms in total. The Hall–Kier alpha value is -0.120. The van der Waals surface area contributed by atoms with Crippen LogP contribution in [0.1, 0.15) is 51.4 Å². The summed E-state index contributed by atoms with van der Waals surface area (Å²) in [4.78, 5) is 2.47. The molecule has 2 N–H and O–H groups in total. The van der Waals surface area contributed by atoms with Crippen molar-refractivity contribution in [2.75, 3.05) is 26.7 Å². The predicted molar refractivity (Wildman–Crippen MR) is 80.4 cm³/mol. The molecule has 0 amide bonds. The monoisotopic (exact) mass is 265 g/mol. The van der Waals surface area contributed by atoms with Crippen molar-refractivity contribution in [1.29, 1.82) is 0 Å². The largest absolute Gasteiger partial charge is 0.314 e. The van der Waals surface area contributed by atoms with Gasteiger partial charge in [-0.2, -0.15) is 0 Å². The molecule has 3 unspecified atom stereocenters. The van der Waals surface area contributed by atoms with Crippen molar-refractivity contribution in [2.24, 2.45) is 5.92 Å². The molecule has 0 spiro atoms. The van der Waals surface area contributed by atoms with Crippen LogP contribution in [0.3, 0.4) is 0 Å². The first-order chi connectivity index (χ1) is 9.33. The molecule has 0 aromatic heterocycles. The first-order valence-electron chi connectivity index (χ1n) is 8.51. The quantitative estimate of drug-likeness (QED) is 0.817. The van der Waals surface area contributed by atoms with Gasteiger partial charge in [0.2, 0.25) is 0 Å². The highest BCUT2D eigenvalue weighted by molar-refractivity contribution is 4.93. The summed E-state index contributed by atoms with van der Waals surface area (Å²) in [6, 6.07) is 2.38. The minimum absolute atomic E-state index is 0.781. The van der Waals surface area contributed by atoms with Gasteiger partial charge in [0.05, 0.1) is 0 Å². The van der Waals surface area contributed by atoms with Gasteiger partial charge in [-0.15, -0.1) is 0 Å². The molecule has 3 aliphatic rings. The van der Waals surface area contributed by atoms with Gasteiger partial charge in [-0.05, 0) is 71.1 Å². The maximum absolute atomic E-state index is 4.04. The number of rotatable bonds is 3. The molecule has 0 aromatic carbocycles. The van der Waals surface area contributed by atoms with E-state index in [4.69, 9.17) is 0 Å². The van der Waals surface area contributed by atoms with Crippen LogP contribution in [0.5, 0.6) is 0 Å². The van der Waals surface area contributed by atoms with Crippen LogP contribution in [0.4, 0.5) is 0 Å². The van der Waals surface area contributed by atoms with Crippen molar-refractivity contribution in [3.63, 3.8) is 0 Å². The van der Waals surface area contributed by atoms with Gasteiger partial charge in [-0.25, -0.2) is 0 Å². The van der Waals surface area contributed by atoms with E-state index in [1.807, 2.05) is 0 Å². The Labute approximate surface area is 118 Å². The van der Waals surface area contributed by atoms with E-state index in [0.717, 1.165) is 24.0 Å². The van der Waals surface area contributed by atoms with Gasteiger partial charge >= 0.3 is 0 Å². The summed E-state index contributed by atoms with van der Waals surface area (Å²) in [6.45, 7) is 3.80. The van der Waals surface area contributed by atoms with Crippen molar-refractivity contribution in [3.05, 3.63) is 0 Å². The number of likely N-dealkylation sites (tertiary alicyclic amines) is 1. The highest BCUT2D eigenvalue weighted by Crippen LogP contribution is 2.31. The van der Waals surface area contributed by atoms with Crippen molar-refractivity contribution in [3.8, 4) is 0 Å². The first kappa shape index (κ1) is 13.8. The van der Waals surface area contributed by atoms with Crippen LogP contribution in [-0.2, 0) is 0 Å². The van der Waals surface area contributed by atoms with E-state index in [2.05, 4.69) is 22.6 Å². The Bertz CT molecular complexity index is 267. The van der Waals surface area contributed by atoms with Gasteiger partial charge < -0.3 is 15.5 Å². The van der Waals surface area contributed by atoms with Crippen molar-refractivity contribution in [2.45, 2.75) is 69.5 Å². The lowest BCUT2D eigenvalue weighted by Crippen LogP contribution is -2.52. The summed E-state index contributed by atoms with van der Waals surface area (Å²) in [5, 5.41) is 7.79. The molecule has 2 aliphatic heterocycles. The highest BCUT2D eigenvalue weighted by atomic mass is 15.1. The summed E-state index contributed by atoms with van der Waals surface area (Å²) < 4.78 is 0. The first-order valence-corrected chi connectivity index (χ1v) is 8.51. The zero-order valence-corrected chi connectivity index (χ0v) is 12.5. The molecular formula is C16H31N3. The molecule has 2 saturated heterocycles. The normalized spacial score (nSPS) is 38.7. The minimum atomic E-state index is 0.781. The average Bonchev–Trinajstić information content (AvgIpc) is 2.96. The van der Waals surface area contributed by atoms with Crippen LogP contribution in [-0.4, -0.2) is 49.7 Å². The fourth-order valence-corrected chi connectivity index (χ4v) is 4.40. The van der Waals surface area contributed by atoms with Crippen molar-refractivity contribution < 1.29 is 0 Å². The Kier molecular flexibility index (Phi) is 4.78. The summed E-state index contributed by atoms with van der Waals surface area (Å²) in [7, 11) is 2.25. The number of nitrogens with zero attached hydrogens (tertiary/aromatic N) is 1. The second kappa shape index (κ2) is 6.55. The van der Waals surface area contributed by atoms with Crippen LogP contribution >= 0.6 is 0 Å². The lowest BCUT2D eigenvalue weighted by atomic mass is 9.78. The SMILES string of the molecule is CN1CCC(NC2CCCCC2C2CCCN2)CC1. The van der Waals surface area contributed by atoms with Crippen LogP contribution in [0.2, 0.25) is 0 Å². The van der Waals surface area contributed by atoms with Crippen LogP contribution in [0.25, 0.3) is 0 Å². The molecular weight excluding hydrogens is 234 g/mol. The highest BCUT2D eigenvalue weighted by Gasteiger charge is 2.34. The third-order valence-corrected chi connectivity index (χ3v) is 5.60. The molecule has 0 bridgehead atoms. The lowest BCUT2D eigenvalue weighted by Gasteiger charge is -2.40. The third kappa shape index (κ3) is 3.50. The summed E-state index contributed by atoms with van der Waals surface area (Å²) >= 11 is 0. The average molecular weight is 265 g/mol. The molecule has 2 heterocycles. The maximum atomic E-state index is 4.04. The van der Waals surface area contributed by atoms with Crippen LogP contribution in [0, 0.1) is 5.92 Å². The Morgan fingerprint density at radius 2 is 1.74 bits per heavy atom. The lowest BCUT2D eigenvalue weighted by molar-refractivity contribution is 0.167. The molecule has 0 aromatic rings. The van der Waals surface area contributed by atoms with E-state index in [1.165, 1.54) is 71.0 Å². The van der Waals surface area contributed by atoms with Crippen molar-refractivity contribution in [1.82, 2.24) is 15.5 Å². The Balaban J connectivity index is 1.54.